The van der Waals surface area contributed by atoms with E-state index >= 15 is 0 Å². The van der Waals surface area contributed by atoms with E-state index in [1.54, 1.807) is 0 Å². The molecule has 1 rings (SSSR count). The number of carbonyl (C=O) groups excluding carboxylic acids is 2. The van der Waals surface area contributed by atoms with Crippen molar-refractivity contribution in [3.63, 3.8) is 0 Å². The van der Waals surface area contributed by atoms with Gasteiger partial charge in [0.15, 0.2) is 0 Å². The molecule has 1 heterocycles. The molecular weight excluding hydrogens is 260 g/mol. The minimum atomic E-state index is -0.0843. The Balaban J connectivity index is 2.18. The number of hydrogen-bond donors (Lipinski definition) is 2. The van der Waals surface area contributed by atoms with Crippen molar-refractivity contribution in [1.82, 2.24) is 20.4 Å². The molecule has 1 atom stereocenters. The quantitative estimate of drug-likeness (QED) is 0.557. The maximum atomic E-state index is 11.8. The van der Waals surface area contributed by atoms with Gasteiger partial charge in [0, 0.05) is 39.6 Å². The lowest BCUT2D eigenvalue weighted by molar-refractivity contribution is -0.125. The van der Waals surface area contributed by atoms with Gasteiger partial charge in [-0.15, -0.1) is 0 Å². The summed E-state index contributed by atoms with van der Waals surface area (Å²) < 4.78 is 5.66. The standard InChI is InChI=1S/C13H26N4O3/c1-11(18)14-4-5-15-13(19)10-17-6-7-20-12(9-17)8-16(2)3/h12H,4-10H2,1-3H3,(H,14,18)(H,15,19). The first-order valence-corrected chi connectivity index (χ1v) is 6.97. The molecular formula is C13H26N4O3. The maximum Gasteiger partial charge on any atom is 0.234 e. The summed E-state index contributed by atoms with van der Waals surface area (Å²) in [6.45, 7) is 5.85. The van der Waals surface area contributed by atoms with E-state index in [0.717, 1.165) is 19.6 Å². The summed E-state index contributed by atoms with van der Waals surface area (Å²) in [6, 6.07) is 0. The Morgan fingerprint density at radius 2 is 2.00 bits per heavy atom. The Kier molecular flexibility index (Phi) is 7.50. The van der Waals surface area contributed by atoms with Gasteiger partial charge in [0.1, 0.15) is 0 Å². The minimum Gasteiger partial charge on any atom is -0.374 e. The van der Waals surface area contributed by atoms with Crippen LogP contribution in [0.5, 0.6) is 0 Å². The zero-order valence-corrected chi connectivity index (χ0v) is 12.6. The molecule has 0 bridgehead atoms. The number of likely N-dealkylation sites (N-methyl/N-ethyl adjacent to an activating group) is 1. The highest BCUT2D eigenvalue weighted by Gasteiger charge is 2.22. The number of ether oxygens (including phenoxy) is 1. The van der Waals surface area contributed by atoms with Crippen LogP contribution in [0.3, 0.4) is 0 Å². The van der Waals surface area contributed by atoms with Gasteiger partial charge in [0.25, 0.3) is 0 Å². The van der Waals surface area contributed by atoms with E-state index < -0.39 is 0 Å². The monoisotopic (exact) mass is 286 g/mol. The van der Waals surface area contributed by atoms with Gasteiger partial charge in [0.05, 0.1) is 19.3 Å². The van der Waals surface area contributed by atoms with Gasteiger partial charge in [-0.05, 0) is 14.1 Å². The average Bonchev–Trinajstić information content (AvgIpc) is 2.34. The van der Waals surface area contributed by atoms with Crippen LogP contribution in [-0.2, 0) is 14.3 Å². The van der Waals surface area contributed by atoms with Crippen LogP contribution >= 0.6 is 0 Å². The summed E-state index contributed by atoms with van der Waals surface area (Å²) in [6.07, 6.45) is 0.158. The van der Waals surface area contributed by atoms with E-state index in [0.29, 0.717) is 26.2 Å². The van der Waals surface area contributed by atoms with Crippen LogP contribution in [0.2, 0.25) is 0 Å². The van der Waals surface area contributed by atoms with Crippen molar-refractivity contribution in [2.45, 2.75) is 13.0 Å². The molecule has 0 spiro atoms. The van der Waals surface area contributed by atoms with Crippen LogP contribution in [-0.4, -0.2) is 87.7 Å². The number of morpholine rings is 1. The van der Waals surface area contributed by atoms with Crippen LogP contribution in [0.1, 0.15) is 6.92 Å². The molecule has 1 saturated heterocycles. The molecule has 116 valence electrons. The summed E-state index contributed by atoms with van der Waals surface area (Å²) in [5, 5.41) is 5.43. The molecule has 0 aromatic heterocycles. The summed E-state index contributed by atoms with van der Waals surface area (Å²) in [7, 11) is 4.02. The molecule has 0 saturated carbocycles. The second-order valence-electron chi connectivity index (χ2n) is 5.32. The van der Waals surface area contributed by atoms with Crippen molar-refractivity contribution in [2.75, 3.05) is 60.0 Å². The Hall–Kier alpha value is -1.18. The van der Waals surface area contributed by atoms with Crippen LogP contribution in [0.4, 0.5) is 0 Å². The molecule has 0 aromatic carbocycles. The summed E-state index contributed by atoms with van der Waals surface area (Å²) in [5.74, 6) is -0.0974. The van der Waals surface area contributed by atoms with Crippen molar-refractivity contribution in [3.8, 4) is 0 Å². The molecule has 2 amide bonds. The Morgan fingerprint density at radius 3 is 2.65 bits per heavy atom. The molecule has 7 heteroatoms. The lowest BCUT2D eigenvalue weighted by Crippen LogP contribution is -2.49. The third-order valence-corrected chi connectivity index (χ3v) is 2.98. The van der Waals surface area contributed by atoms with E-state index in [4.69, 9.17) is 4.74 Å². The Bertz CT molecular complexity index is 323. The third-order valence-electron chi connectivity index (χ3n) is 2.98. The van der Waals surface area contributed by atoms with E-state index in [9.17, 15) is 9.59 Å². The van der Waals surface area contributed by atoms with E-state index in [1.807, 2.05) is 14.1 Å². The predicted molar refractivity (Wildman–Crippen MR) is 76.4 cm³/mol. The van der Waals surface area contributed by atoms with E-state index in [-0.39, 0.29) is 17.9 Å². The van der Waals surface area contributed by atoms with Crippen molar-refractivity contribution in [1.29, 1.82) is 0 Å². The molecule has 20 heavy (non-hydrogen) atoms. The van der Waals surface area contributed by atoms with Crippen molar-refractivity contribution < 1.29 is 14.3 Å². The molecule has 1 aliphatic heterocycles. The van der Waals surface area contributed by atoms with Crippen LogP contribution in [0.15, 0.2) is 0 Å². The Labute approximate surface area is 120 Å². The maximum absolute atomic E-state index is 11.8. The topological polar surface area (TPSA) is 73.9 Å². The van der Waals surface area contributed by atoms with E-state index in [1.165, 1.54) is 6.92 Å². The van der Waals surface area contributed by atoms with Gasteiger partial charge in [-0.25, -0.2) is 0 Å². The van der Waals surface area contributed by atoms with Crippen molar-refractivity contribution in [3.05, 3.63) is 0 Å². The fourth-order valence-electron chi connectivity index (χ4n) is 2.14. The van der Waals surface area contributed by atoms with Gasteiger partial charge in [0.2, 0.25) is 11.8 Å². The normalized spacial score (nSPS) is 19.9. The second-order valence-corrected chi connectivity index (χ2v) is 5.32. The minimum absolute atomic E-state index is 0.0131. The molecule has 2 N–H and O–H groups in total. The van der Waals surface area contributed by atoms with Gasteiger partial charge in [-0.1, -0.05) is 0 Å². The first-order chi connectivity index (χ1) is 9.47. The summed E-state index contributed by atoms with van der Waals surface area (Å²) >= 11 is 0. The zero-order chi connectivity index (χ0) is 15.0. The lowest BCUT2D eigenvalue weighted by Gasteiger charge is -2.33. The molecule has 0 aliphatic carbocycles. The van der Waals surface area contributed by atoms with Gasteiger partial charge >= 0.3 is 0 Å². The molecule has 0 radical (unpaired) electrons. The number of nitrogens with one attached hydrogen (secondary N) is 2. The highest BCUT2D eigenvalue weighted by atomic mass is 16.5. The first kappa shape index (κ1) is 16.9. The molecule has 0 aromatic rings. The summed E-state index contributed by atoms with van der Waals surface area (Å²) in [5.41, 5.74) is 0. The van der Waals surface area contributed by atoms with E-state index in [2.05, 4.69) is 20.4 Å². The van der Waals surface area contributed by atoms with Gasteiger partial charge in [-0.2, -0.15) is 0 Å². The number of rotatable bonds is 7. The number of amides is 2. The largest absolute Gasteiger partial charge is 0.374 e. The summed E-state index contributed by atoms with van der Waals surface area (Å²) in [4.78, 5) is 26.6. The number of carbonyl (C=O) groups is 2. The van der Waals surface area contributed by atoms with Crippen LogP contribution in [0.25, 0.3) is 0 Å². The molecule has 7 nitrogen and oxygen atoms in total. The Morgan fingerprint density at radius 1 is 1.30 bits per heavy atom. The van der Waals surface area contributed by atoms with Gasteiger partial charge < -0.3 is 20.3 Å². The zero-order valence-electron chi connectivity index (χ0n) is 12.6. The fourth-order valence-corrected chi connectivity index (χ4v) is 2.14. The first-order valence-electron chi connectivity index (χ1n) is 6.97. The van der Waals surface area contributed by atoms with Crippen molar-refractivity contribution >= 4 is 11.8 Å². The average molecular weight is 286 g/mol. The smallest absolute Gasteiger partial charge is 0.234 e. The lowest BCUT2D eigenvalue weighted by atomic mass is 10.2. The number of nitrogens with zero attached hydrogens (tertiary/aromatic N) is 2. The highest BCUT2D eigenvalue weighted by molar-refractivity contribution is 5.78. The van der Waals surface area contributed by atoms with Crippen molar-refractivity contribution in [2.24, 2.45) is 0 Å². The molecule has 1 unspecified atom stereocenters. The molecule has 1 aliphatic rings. The SMILES string of the molecule is CC(=O)NCCNC(=O)CN1CCOC(CN(C)C)C1. The van der Waals surface area contributed by atoms with Crippen LogP contribution < -0.4 is 10.6 Å². The third kappa shape index (κ3) is 7.42. The predicted octanol–water partition coefficient (Wildman–Crippen LogP) is -1.50. The fraction of sp³-hybridized carbons (Fsp3) is 0.846. The highest BCUT2D eigenvalue weighted by Crippen LogP contribution is 2.05. The second kappa shape index (κ2) is 8.89. The molecule has 1 fully saturated rings. The van der Waals surface area contributed by atoms with Crippen LogP contribution in [0, 0.1) is 0 Å². The van der Waals surface area contributed by atoms with Gasteiger partial charge in [-0.3, -0.25) is 14.5 Å². The number of hydrogen-bond acceptors (Lipinski definition) is 5.